The Morgan fingerprint density at radius 2 is 2.00 bits per heavy atom. The van der Waals surface area contributed by atoms with Gasteiger partial charge in [-0.1, -0.05) is 24.3 Å². The number of fused-ring (bicyclic) bond motifs is 1. The highest BCUT2D eigenvalue weighted by Gasteiger charge is 1.96. The molecule has 0 saturated heterocycles. The van der Waals surface area contributed by atoms with Crippen molar-refractivity contribution in [3.05, 3.63) is 66.6 Å². The summed E-state index contributed by atoms with van der Waals surface area (Å²) in [5.41, 5.74) is 2.10. The van der Waals surface area contributed by atoms with E-state index in [-0.39, 0.29) is 0 Å². The van der Waals surface area contributed by atoms with Crippen LogP contribution in [0.5, 0.6) is 0 Å². The van der Waals surface area contributed by atoms with E-state index in [9.17, 15) is 0 Å². The minimum absolute atomic E-state index is 0.991. The van der Waals surface area contributed by atoms with Crippen molar-refractivity contribution in [1.82, 2.24) is 9.66 Å². The highest BCUT2D eigenvalue weighted by molar-refractivity contribution is 5.82. The van der Waals surface area contributed by atoms with Gasteiger partial charge in [-0.3, -0.25) is 4.98 Å². The smallest absolute Gasteiger partial charge is 0.0718 e. The molecule has 0 aliphatic carbocycles. The zero-order chi connectivity index (χ0) is 11.5. The molecule has 3 nitrogen and oxygen atoms in total. The standard InChI is InChI=1S/C14H11N3/c1-2-6-14-13(5-1)7-9-17(14)16-11-12-4-3-8-15-10-12/h1-11H/b16-11+. The van der Waals surface area contributed by atoms with Gasteiger partial charge in [-0.05, 0) is 18.2 Å². The fraction of sp³-hybridized carbons (Fsp3) is 0. The van der Waals surface area contributed by atoms with Crippen molar-refractivity contribution in [3.63, 3.8) is 0 Å². The predicted octanol–water partition coefficient (Wildman–Crippen LogP) is 2.92. The third kappa shape index (κ3) is 1.95. The molecule has 0 radical (unpaired) electrons. The Kier molecular flexibility index (Phi) is 2.43. The van der Waals surface area contributed by atoms with Crippen LogP contribution in [-0.4, -0.2) is 15.9 Å². The van der Waals surface area contributed by atoms with Gasteiger partial charge >= 0.3 is 0 Å². The molecule has 0 saturated carbocycles. The first kappa shape index (κ1) is 9.78. The van der Waals surface area contributed by atoms with E-state index in [0.29, 0.717) is 0 Å². The molecule has 3 aromatic rings. The van der Waals surface area contributed by atoms with Crippen LogP contribution in [0.25, 0.3) is 10.9 Å². The van der Waals surface area contributed by atoms with Gasteiger partial charge in [0, 0.05) is 29.5 Å². The lowest BCUT2D eigenvalue weighted by molar-refractivity contribution is 0.933. The number of aromatic nitrogens is 2. The molecule has 0 N–H and O–H groups in total. The minimum atomic E-state index is 0.991. The molecule has 2 heterocycles. The first-order chi connectivity index (χ1) is 8.43. The van der Waals surface area contributed by atoms with Gasteiger partial charge in [0.2, 0.25) is 0 Å². The monoisotopic (exact) mass is 221 g/mol. The topological polar surface area (TPSA) is 30.2 Å². The first-order valence-corrected chi connectivity index (χ1v) is 5.44. The van der Waals surface area contributed by atoms with Crippen LogP contribution in [0.4, 0.5) is 0 Å². The molecule has 17 heavy (non-hydrogen) atoms. The number of nitrogens with zero attached hydrogens (tertiary/aromatic N) is 3. The van der Waals surface area contributed by atoms with Crippen LogP contribution < -0.4 is 0 Å². The van der Waals surface area contributed by atoms with E-state index in [1.54, 1.807) is 18.6 Å². The van der Waals surface area contributed by atoms with Crippen LogP contribution in [0, 0.1) is 0 Å². The summed E-state index contributed by atoms with van der Waals surface area (Å²) in [5.74, 6) is 0. The number of pyridine rings is 1. The lowest BCUT2D eigenvalue weighted by atomic mass is 10.3. The van der Waals surface area contributed by atoms with Gasteiger partial charge in [-0.2, -0.15) is 5.10 Å². The van der Waals surface area contributed by atoms with Crippen LogP contribution >= 0.6 is 0 Å². The maximum atomic E-state index is 4.42. The second kappa shape index (κ2) is 4.22. The Labute approximate surface area is 99.0 Å². The van der Waals surface area contributed by atoms with E-state index in [0.717, 1.165) is 11.1 Å². The third-order valence-electron chi connectivity index (χ3n) is 2.59. The Morgan fingerprint density at radius 3 is 2.88 bits per heavy atom. The van der Waals surface area contributed by atoms with Crippen LogP contribution in [0.3, 0.4) is 0 Å². The van der Waals surface area contributed by atoms with E-state index in [4.69, 9.17) is 0 Å². The molecule has 1 aromatic carbocycles. The summed E-state index contributed by atoms with van der Waals surface area (Å²) in [6.45, 7) is 0. The minimum Gasteiger partial charge on any atom is -0.264 e. The van der Waals surface area contributed by atoms with Crippen molar-refractivity contribution >= 4 is 17.1 Å². The molecule has 3 heteroatoms. The summed E-state index contributed by atoms with van der Waals surface area (Å²) < 4.78 is 1.86. The highest BCUT2D eigenvalue weighted by Crippen LogP contribution is 2.14. The van der Waals surface area contributed by atoms with Gasteiger partial charge < -0.3 is 0 Å². The predicted molar refractivity (Wildman–Crippen MR) is 69.2 cm³/mol. The molecule has 3 rings (SSSR count). The number of hydrogen-bond donors (Lipinski definition) is 0. The molecular weight excluding hydrogens is 210 g/mol. The first-order valence-electron chi connectivity index (χ1n) is 5.44. The summed E-state index contributed by atoms with van der Waals surface area (Å²) in [5, 5.41) is 5.61. The van der Waals surface area contributed by atoms with Gasteiger partial charge in [-0.15, -0.1) is 0 Å². The van der Waals surface area contributed by atoms with E-state index in [1.807, 2.05) is 35.1 Å². The van der Waals surface area contributed by atoms with E-state index in [1.165, 1.54) is 5.39 Å². The molecule has 0 amide bonds. The maximum absolute atomic E-state index is 4.42. The van der Waals surface area contributed by atoms with Gasteiger partial charge in [-0.25, -0.2) is 4.68 Å². The lowest BCUT2D eigenvalue weighted by Crippen LogP contribution is -1.88. The van der Waals surface area contributed by atoms with E-state index >= 15 is 0 Å². The molecule has 0 spiro atoms. The van der Waals surface area contributed by atoms with E-state index < -0.39 is 0 Å². The van der Waals surface area contributed by atoms with Crippen molar-refractivity contribution < 1.29 is 0 Å². The average molecular weight is 221 g/mol. The summed E-state index contributed by atoms with van der Waals surface area (Å²) in [7, 11) is 0. The number of hydrogen-bond acceptors (Lipinski definition) is 2. The van der Waals surface area contributed by atoms with Crippen LogP contribution in [0.1, 0.15) is 5.56 Å². The van der Waals surface area contributed by atoms with Gasteiger partial charge in [0.05, 0.1) is 11.7 Å². The molecule has 0 atom stereocenters. The summed E-state index contributed by atoms with van der Waals surface area (Å²) in [6.07, 6.45) is 7.30. The Bertz CT molecular complexity index is 653. The van der Waals surface area contributed by atoms with Crippen molar-refractivity contribution in [1.29, 1.82) is 0 Å². The SMILES string of the molecule is C(=N\n1ccc2ccccc21)/c1cccnc1. The quantitative estimate of drug-likeness (QED) is 0.612. The Balaban J connectivity index is 1.98. The van der Waals surface area contributed by atoms with Crippen LogP contribution in [-0.2, 0) is 0 Å². The van der Waals surface area contributed by atoms with Crippen LogP contribution in [0.2, 0.25) is 0 Å². The second-order valence-corrected chi connectivity index (χ2v) is 3.75. The van der Waals surface area contributed by atoms with Crippen molar-refractivity contribution in [2.24, 2.45) is 5.10 Å². The van der Waals surface area contributed by atoms with Gasteiger partial charge in [0.15, 0.2) is 0 Å². The fourth-order valence-corrected chi connectivity index (χ4v) is 1.75. The summed E-state index contributed by atoms with van der Waals surface area (Å²) in [6, 6.07) is 14.1. The van der Waals surface area contributed by atoms with Gasteiger partial charge in [0.1, 0.15) is 0 Å². The Morgan fingerprint density at radius 1 is 1.06 bits per heavy atom. The second-order valence-electron chi connectivity index (χ2n) is 3.75. The number of benzene rings is 1. The number of rotatable bonds is 2. The Hall–Kier alpha value is -2.42. The molecule has 0 bridgehead atoms. The summed E-state index contributed by atoms with van der Waals surface area (Å²) >= 11 is 0. The van der Waals surface area contributed by atoms with Gasteiger partial charge in [0.25, 0.3) is 0 Å². The average Bonchev–Trinajstić information content (AvgIpc) is 2.81. The zero-order valence-corrected chi connectivity index (χ0v) is 9.19. The molecule has 0 aliphatic heterocycles. The van der Waals surface area contributed by atoms with E-state index in [2.05, 4.69) is 28.3 Å². The summed E-state index contributed by atoms with van der Waals surface area (Å²) in [4.78, 5) is 4.05. The third-order valence-corrected chi connectivity index (χ3v) is 2.59. The molecule has 82 valence electrons. The van der Waals surface area contributed by atoms with Crippen molar-refractivity contribution in [3.8, 4) is 0 Å². The zero-order valence-electron chi connectivity index (χ0n) is 9.19. The number of para-hydroxylation sites is 1. The normalized spacial score (nSPS) is 11.3. The van der Waals surface area contributed by atoms with Crippen molar-refractivity contribution in [2.45, 2.75) is 0 Å². The molecule has 0 aliphatic rings. The van der Waals surface area contributed by atoms with Crippen LogP contribution in [0.15, 0.2) is 66.2 Å². The lowest BCUT2D eigenvalue weighted by Gasteiger charge is -1.96. The highest BCUT2D eigenvalue weighted by atomic mass is 15.3. The molecule has 2 aromatic heterocycles. The fourth-order valence-electron chi connectivity index (χ4n) is 1.75. The largest absolute Gasteiger partial charge is 0.264 e. The molecule has 0 unspecified atom stereocenters. The maximum Gasteiger partial charge on any atom is 0.0718 e. The molecular formula is C14H11N3. The van der Waals surface area contributed by atoms with Crippen molar-refractivity contribution in [2.75, 3.05) is 0 Å². The molecule has 0 fully saturated rings.